The summed E-state index contributed by atoms with van der Waals surface area (Å²) in [6.07, 6.45) is 12.8. The molecule has 6 atom stereocenters. The second-order valence-electron chi connectivity index (χ2n) is 5.52. The van der Waals surface area contributed by atoms with Gasteiger partial charge < -0.3 is 14.2 Å². The number of halogens is 2. The van der Waals surface area contributed by atoms with E-state index in [1.807, 2.05) is 6.08 Å². The number of terminal acetylenes is 1. The van der Waals surface area contributed by atoms with Crippen molar-refractivity contribution in [1.29, 1.82) is 0 Å². The minimum absolute atomic E-state index is 0.0441. The van der Waals surface area contributed by atoms with Gasteiger partial charge in [-0.3, -0.25) is 0 Å². The number of fused-ring (bicyclic) bond motifs is 1. The lowest BCUT2D eigenvalue weighted by Gasteiger charge is -2.34. The molecule has 2 fully saturated rings. The van der Waals surface area contributed by atoms with Crippen molar-refractivity contribution in [1.82, 2.24) is 0 Å². The summed E-state index contributed by atoms with van der Waals surface area (Å²) in [4.78, 5) is 0.383. The van der Waals surface area contributed by atoms with Gasteiger partial charge in [0, 0.05) is 18.4 Å². The predicted molar refractivity (Wildman–Crippen MR) is 90.8 cm³/mol. The third-order valence-electron chi connectivity index (χ3n) is 4.24. The third-order valence-corrected chi connectivity index (χ3v) is 6.28. The van der Waals surface area contributed by atoms with Gasteiger partial charge in [0.05, 0.1) is 23.1 Å². The summed E-state index contributed by atoms with van der Waals surface area (Å²) < 4.78 is 18.2. The van der Waals surface area contributed by atoms with Crippen molar-refractivity contribution in [2.24, 2.45) is 0 Å². The maximum Gasteiger partial charge on any atom is 0.183 e. The normalized spacial score (nSPS) is 40.9. The van der Waals surface area contributed by atoms with Gasteiger partial charge in [0.1, 0.15) is 0 Å². The maximum absolute atomic E-state index is 6.25. The van der Waals surface area contributed by atoms with E-state index in [2.05, 4.69) is 44.7 Å². The van der Waals surface area contributed by atoms with E-state index < -0.39 is 5.79 Å². The summed E-state index contributed by atoms with van der Waals surface area (Å²) in [7, 11) is 1.69. The fraction of sp³-hybridized carbons (Fsp3) is 0.750. The average molecular weight is 422 g/mol. The van der Waals surface area contributed by atoms with Crippen molar-refractivity contribution < 1.29 is 14.2 Å². The standard InChI is InChI=1S/C16H22Br2O3/c1-4-6-7-8-15(18)16(19-3)10-14-13(21-16)9-11(17)12(5-2)20-14/h1,6-7,11-15H,5,8-10H2,2-3H3/b7-6+/t11-,12+,13-,14-,15?,16?/m0/s1. The Labute approximate surface area is 144 Å². The molecular formula is C16H22Br2O3. The summed E-state index contributed by atoms with van der Waals surface area (Å²) in [6, 6.07) is 0. The highest BCUT2D eigenvalue weighted by Crippen LogP contribution is 2.45. The zero-order valence-corrected chi connectivity index (χ0v) is 15.6. The number of allylic oxidation sites excluding steroid dienone is 2. The predicted octanol–water partition coefficient (Wildman–Crippen LogP) is 3.79. The number of methoxy groups -OCH3 is 1. The molecular weight excluding hydrogens is 400 g/mol. The van der Waals surface area contributed by atoms with E-state index in [4.69, 9.17) is 20.6 Å². The van der Waals surface area contributed by atoms with Crippen LogP contribution in [0.15, 0.2) is 12.2 Å². The summed E-state index contributed by atoms with van der Waals surface area (Å²) >= 11 is 7.40. The second kappa shape index (κ2) is 7.61. The Morgan fingerprint density at radius 3 is 2.90 bits per heavy atom. The molecule has 5 heteroatoms. The van der Waals surface area contributed by atoms with Gasteiger partial charge in [0.15, 0.2) is 5.79 Å². The molecule has 0 bridgehead atoms. The first-order chi connectivity index (χ1) is 10.1. The Bertz CT molecular complexity index is 420. The van der Waals surface area contributed by atoms with E-state index in [-0.39, 0.29) is 23.1 Å². The van der Waals surface area contributed by atoms with E-state index in [1.54, 1.807) is 13.2 Å². The third kappa shape index (κ3) is 3.73. The van der Waals surface area contributed by atoms with Crippen LogP contribution in [0.3, 0.4) is 0 Å². The van der Waals surface area contributed by atoms with Crippen molar-refractivity contribution in [3.8, 4) is 12.3 Å². The molecule has 2 aliphatic rings. The van der Waals surface area contributed by atoms with Gasteiger partial charge in [-0.15, -0.1) is 6.42 Å². The largest absolute Gasteiger partial charge is 0.371 e. The monoisotopic (exact) mass is 420 g/mol. The topological polar surface area (TPSA) is 27.7 Å². The van der Waals surface area contributed by atoms with Gasteiger partial charge in [0.25, 0.3) is 0 Å². The van der Waals surface area contributed by atoms with Crippen LogP contribution in [0.4, 0.5) is 0 Å². The Morgan fingerprint density at radius 2 is 2.29 bits per heavy atom. The molecule has 0 N–H and O–H groups in total. The molecule has 2 unspecified atom stereocenters. The lowest BCUT2D eigenvalue weighted by Crippen LogP contribution is -2.42. The van der Waals surface area contributed by atoms with Crippen molar-refractivity contribution >= 4 is 31.9 Å². The molecule has 2 aliphatic heterocycles. The molecule has 2 heterocycles. The van der Waals surface area contributed by atoms with Crippen LogP contribution in [0.1, 0.15) is 32.6 Å². The lowest BCUT2D eigenvalue weighted by molar-refractivity contribution is -0.214. The van der Waals surface area contributed by atoms with Crippen molar-refractivity contribution in [2.45, 2.75) is 66.4 Å². The molecule has 0 aromatic carbocycles. The Kier molecular flexibility index (Phi) is 6.34. The number of rotatable bonds is 5. The second-order valence-corrected chi connectivity index (χ2v) is 7.80. The average Bonchev–Trinajstić information content (AvgIpc) is 2.85. The van der Waals surface area contributed by atoms with E-state index in [0.29, 0.717) is 4.83 Å². The van der Waals surface area contributed by atoms with Crippen molar-refractivity contribution in [3.63, 3.8) is 0 Å². The molecule has 3 nitrogen and oxygen atoms in total. The van der Waals surface area contributed by atoms with E-state index in [0.717, 1.165) is 25.7 Å². The van der Waals surface area contributed by atoms with Gasteiger partial charge >= 0.3 is 0 Å². The molecule has 0 aromatic rings. The fourth-order valence-corrected chi connectivity index (χ4v) is 4.62. The Morgan fingerprint density at radius 1 is 1.52 bits per heavy atom. The van der Waals surface area contributed by atoms with Crippen LogP contribution in [-0.2, 0) is 14.2 Å². The highest BCUT2D eigenvalue weighted by molar-refractivity contribution is 9.09. The van der Waals surface area contributed by atoms with Gasteiger partial charge in [-0.25, -0.2) is 0 Å². The highest BCUT2D eigenvalue weighted by atomic mass is 79.9. The zero-order valence-electron chi connectivity index (χ0n) is 12.4. The summed E-state index contributed by atoms with van der Waals surface area (Å²) in [6.45, 7) is 2.15. The maximum atomic E-state index is 6.25. The lowest BCUT2D eigenvalue weighted by atomic mass is 9.97. The smallest absolute Gasteiger partial charge is 0.183 e. The zero-order chi connectivity index (χ0) is 15.5. The van der Waals surface area contributed by atoms with Crippen molar-refractivity contribution in [2.75, 3.05) is 7.11 Å². The number of alkyl halides is 2. The van der Waals surface area contributed by atoms with Gasteiger partial charge in [0.2, 0.25) is 0 Å². The molecule has 0 radical (unpaired) electrons. The molecule has 21 heavy (non-hydrogen) atoms. The summed E-state index contributed by atoms with van der Waals surface area (Å²) in [5.74, 6) is 1.85. The van der Waals surface area contributed by atoms with Crippen LogP contribution < -0.4 is 0 Å². The fourth-order valence-electron chi connectivity index (χ4n) is 3.06. The molecule has 0 saturated carbocycles. The summed E-state index contributed by atoms with van der Waals surface area (Å²) in [5.41, 5.74) is 0. The van der Waals surface area contributed by atoms with Crippen LogP contribution in [0.5, 0.6) is 0 Å². The number of hydrogen-bond donors (Lipinski definition) is 0. The molecule has 0 amide bonds. The van der Waals surface area contributed by atoms with E-state index in [9.17, 15) is 0 Å². The molecule has 0 aliphatic carbocycles. The highest BCUT2D eigenvalue weighted by Gasteiger charge is 2.54. The van der Waals surface area contributed by atoms with Gasteiger partial charge in [-0.2, -0.15) is 0 Å². The minimum Gasteiger partial charge on any atom is -0.371 e. The van der Waals surface area contributed by atoms with E-state index >= 15 is 0 Å². The molecule has 2 rings (SSSR count). The first-order valence-electron chi connectivity index (χ1n) is 7.34. The van der Waals surface area contributed by atoms with Crippen LogP contribution in [0.25, 0.3) is 0 Å². The van der Waals surface area contributed by atoms with Crippen LogP contribution >= 0.6 is 31.9 Å². The van der Waals surface area contributed by atoms with E-state index in [1.165, 1.54) is 0 Å². The molecule has 2 saturated heterocycles. The van der Waals surface area contributed by atoms with Crippen LogP contribution in [0, 0.1) is 12.3 Å². The summed E-state index contributed by atoms with van der Waals surface area (Å²) in [5, 5.41) is 0. The van der Waals surface area contributed by atoms with Gasteiger partial charge in [-0.05, 0) is 25.3 Å². The SMILES string of the molecule is C#C/C=C/CC(Br)C1(OC)C[C@@H]2O[C@H](CC)[C@@H](Br)C[C@@H]2O1. The molecule has 0 aromatic heterocycles. The Balaban J connectivity index is 2.06. The van der Waals surface area contributed by atoms with Crippen LogP contribution in [0.2, 0.25) is 0 Å². The quantitative estimate of drug-likeness (QED) is 0.499. The van der Waals surface area contributed by atoms with Crippen molar-refractivity contribution in [3.05, 3.63) is 12.2 Å². The Hall–Kier alpha value is 0.140. The first-order valence-corrected chi connectivity index (χ1v) is 9.17. The minimum atomic E-state index is -0.649. The molecule has 0 spiro atoms. The first kappa shape index (κ1) is 17.5. The van der Waals surface area contributed by atoms with Crippen LogP contribution in [-0.4, -0.2) is 40.9 Å². The molecule has 118 valence electrons. The number of hydrogen-bond acceptors (Lipinski definition) is 3. The number of ether oxygens (including phenoxy) is 3. The van der Waals surface area contributed by atoms with Gasteiger partial charge in [-0.1, -0.05) is 50.8 Å².